The average Bonchev–Trinajstić information content (AvgIpc) is 0.669. The standard InChI is InChI=1S/C70H104O32/c1-29-54(99-58-49(82)45(78)39(27-92-58)97-60-50(83)46(79)43(76)37(25-71)95-60)48(81)52(85)59(93-29)100-56-53(86)55(98-42(75)15-11-31-10-13-35(90-8)36(22-31)91-9)30(2)94-62(56)102-64(89)69-19-18-65(3,4)23-33(69)32-12-14-40-66(5)24-34(74)57(101-61-51(84)47(80)44(77)38(26-72)96-61)68(7,63(87)88)41(66)16-17-67(40,6)70(32,28-73)21-20-69/h10-13,15,22,29-30,33-34,37-41,43-62,71-74,76-86H,14,16-21,23-28H2,1-9H3,(H,87,88)/b15-11+/t29-,30+,33-,34-,37+,38+,39+,40?,41?,43-,44+,45-,46-,47-,48-,49+,50+,51+,52+,53-,54-,55-,56+,57-,58-,59-,60-,61-,62-,66+,67+,68-,69-,70-/m0/s1. The molecule has 5 saturated heterocycles. The molecule has 34 atom stereocenters. The van der Waals surface area contributed by atoms with E-state index in [1.165, 1.54) is 41.1 Å². The fourth-order valence-corrected chi connectivity index (χ4v) is 19.3. The van der Waals surface area contributed by atoms with Crippen LogP contribution >= 0.6 is 0 Å². The molecule has 11 rings (SSSR count). The normalized spacial score (nSPS) is 48.6. The monoisotopic (exact) mass is 1460 g/mol. The van der Waals surface area contributed by atoms with Crippen molar-refractivity contribution in [1.29, 1.82) is 0 Å². The Morgan fingerprint density at radius 2 is 1.16 bits per heavy atom. The van der Waals surface area contributed by atoms with Crippen molar-refractivity contribution in [2.45, 2.75) is 266 Å². The number of aliphatic carboxylic acids is 1. The van der Waals surface area contributed by atoms with Crippen molar-refractivity contribution in [2.24, 2.45) is 50.2 Å². The molecule has 0 spiro atoms. The Morgan fingerprint density at radius 3 is 1.77 bits per heavy atom. The maximum absolute atomic E-state index is 15.9. The van der Waals surface area contributed by atoms with Gasteiger partial charge in [0.2, 0.25) is 6.29 Å². The number of allylic oxidation sites excluding steroid dienone is 1. The number of carbonyl (C=O) groups is 3. The van der Waals surface area contributed by atoms with Crippen molar-refractivity contribution >= 4 is 24.0 Å². The van der Waals surface area contributed by atoms with Gasteiger partial charge in [-0.15, -0.1) is 0 Å². The number of hydrogen-bond acceptors (Lipinski definition) is 31. The fourth-order valence-electron chi connectivity index (χ4n) is 19.3. The Morgan fingerprint density at radius 1 is 0.578 bits per heavy atom. The number of aliphatic hydroxyl groups is 15. The number of hydrogen-bond donors (Lipinski definition) is 16. The van der Waals surface area contributed by atoms with Gasteiger partial charge in [0, 0.05) is 11.5 Å². The summed E-state index contributed by atoms with van der Waals surface area (Å²) in [4.78, 5) is 43.6. The highest BCUT2D eigenvalue weighted by molar-refractivity contribution is 5.87. The Bertz CT molecular complexity index is 3190. The number of carboxylic acids is 1. The summed E-state index contributed by atoms with van der Waals surface area (Å²) < 4.78 is 76.7. The van der Waals surface area contributed by atoms with E-state index in [1.54, 1.807) is 18.2 Å². The third-order valence-corrected chi connectivity index (χ3v) is 25.2. The summed E-state index contributed by atoms with van der Waals surface area (Å²) >= 11 is 0. The molecule has 9 fully saturated rings. The van der Waals surface area contributed by atoms with Crippen LogP contribution in [0.15, 0.2) is 35.9 Å². The van der Waals surface area contributed by atoms with Crippen LogP contribution in [0.5, 0.6) is 11.5 Å². The van der Waals surface area contributed by atoms with Crippen LogP contribution in [0, 0.1) is 50.2 Å². The second kappa shape index (κ2) is 30.1. The number of ether oxygens (including phenoxy) is 13. The van der Waals surface area contributed by atoms with E-state index in [9.17, 15) is 91.3 Å². The molecule has 1 aromatic carbocycles. The van der Waals surface area contributed by atoms with Crippen molar-refractivity contribution in [3.63, 3.8) is 0 Å². The zero-order valence-corrected chi connectivity index (χ0v) is 58.6. The van der Waals surface area contributed by atoms with E-state index in [0.717, 1.165) is 11.6 Å². The molecule has 102 heavy (non-hydrogen) atoms. The van der Waals surface area contributed by atoms with Crippen molar-refractivity contribution < 1.29 is 158 Å². The van der Waals surface area contributed by atoms with Gasteiger partial charge in [0.05, 0.1) is 69.8 Å². The molecule has 5 aliphatic heterocycles. The first-order valence-electron chi connectivity index (χ1n) is 35.2. The van der Waals surface area contributed by atoms with Gasteiger partial charge in [-0.2, -0.15) is 0 Å². The summed E-state index contributed by atoms with van der Waals surface area (Å²) in [5, 5.41) is 178. The van der Waals surface area contributed by atoms with Crippen LogP contribution in [-0.2, 0) is 66.5 Å². The number of fused-ring (bicyclic) bond motifs is 7. The van der Waals surface area contributed by atoms with Gasteiger partial charge in [0.15, 0.2) is 48.9 Å². The summed E-state index contributed by atoms with van der Waals surface area (Å²) in [7, 11) is 2.90. The Labute approximate surface area is 589 Å². The molecule has 0 radical (unpaired) electrons. The number of carboxylic acid groups (broad SMARTS) is 1. The highest BCUT2D eigenvalue weighted by Gasteiger charge is 2.74. The minimum absolute atomic E-state index is 0.00308. The van der Waals surface area contributed by atoms with Crippen molar-refractivity contribution in [3.05, 3.63) is 41.5 Å². The van der Waals surface area contributed by atoms with Gasteiger partial charge in [0.1, 0.15) is 97.7 Å². The lowest BCUT2D eigenvalue weighted by Crippen LogP contribution is -2.71. The van der Waals surface area contributed by atoms with Gasteiger partial charge < -0.3 is 143 Å². The van der Waals surface area contributed by atoms with Crippen molar-refractivity contribution in [2.75, 3.05) is 40.6 Å². The van der Waals surface area contributed by atoms with Crippen LogP contribution in [0.25, 0.3) is 6.08 Å². The lowest BCUT2D eigenvalue weighted by molar-refractivity contribution is -0.378. The predicted octanol–water partition coefficient (Wildman–Crippen LogP) is -2.23. The zero-order chi connectivity index (χ0) is 74.4. The maximum Gasteiger partial charge on any atom is 0.331 e. The summed E-state index contributed by atoms with van der Waals surface area (Å²) in [6.45, 7) is 10.1. The smallest absolute Gasteiger partial charge is 0.331 e. The molecule has 0 amide bonds. The average molecular weight is 1460 g/mol. The minimum atomic E-state index is -2.08. The summed E-state index contributed by atoms with van der Waals surface area (Å²) in [6, 6.07) is 4.88. The fraction of sp³-hybridized carbons (Fsp3) is 0.814. The van der Waals surface area contributed by atoms with E-state index < -0.39 is 236 Å². The molecule has 0 aromatic heterocycles. The molecule has 5 aliphatic carbocycles. The Hall–Kier alpha value is -4.25. The van der Waals surface area contributed by atoms with Crippen LogP contribution in [-0.4, -0.2) is 300 Å². The largest absolute Gasteiger partial charge is 0.493 e. The van der Waals surface area contributed by atoms with Gasteiger partial charge >= 0.3 is 17.9 Å². The number of rotatable bonds is 19. The number of esters is 2. The SMILES string of the molecule is COc1ccc(/C=C/C(=O)O[C@@H]2[C@H](O)[C@@H](O[C@@H]3O[C@@H](C)[C@H](O[C@@H]4OC[C@@H](O[C@@H]5O[C@H](CO)[C@H](O)[C@H](O)[C@H]5O)[C@H](O)[C@H]4O)[C@@H](O)[C@H]3O)[C@H](OC(=O)[C@]34CCC(C)(C)C[C@H]3C3=CCC5[C@@]6(C)C[C@H](O)[C@H](O[C@@H]7O[C@H](CO)[C@@H](O)[C@H](O)[C@H]7O)[C@@](C)(C(=O)O)C6CC[C@@]5(C)[C@]3(CO)CC4)O[C@@H]2C)cc1OC. The van der Waals surface area contributed by atoms with Crippen molar-refractivity contribution in [1.82, 2.24) is 0 Å². The van der Waals surface area contributed by atoms with E-state index >= 15 is 4.79 Å². The molecule has 576 valence electrons. The molecule has 32 nitrogen and oxygen atoms in total. The highest BCUT2D eigenvalue weighted by Crippen LogP contribution is 2.76. The van der Waals surface area contributed by atoms with Crippen molar-refractivity contribution in [3.8, 4) is 11.5 Å². The van der Waals surface area contributed by atoms with E-state index in [2.05, 4.69) is 26.8 Å². The van der Waals surface area contributed by atoms with Crippen LogP contribution in [0.1, 0.15) is 112 Å². The van der Waals surface area contributed by atoms with E-state index in [1.807, 2.05) is 6.92 Å². The molecular formula is C70H104O32. The molecule has 4 saturated carbocycles. The number of methoxy groups -OCH3 is 2. The quantitative estimate of drug-likeness (QED) is 0.0302. The Kier molecular flexibility index (Phi) is 23.2. The number of aliphatic hydroxyl groups excluding tert-OH is 15. The first-order valence-corrected chi connectivity index (χ1v) is 35.2. The maximum atomic E-state index is 15.9. The van der Waals surface area contributed by atoms with Crippen LogP contribution in [0.2, 0.25) is 0 Å². The minimum Gasteiger partial charge on any atom is -0.493 e. The number of carbonyl (C=O) groups excluding carboxylic acids is 2. The lowest BCUT2D eigenvalue weighted by Gasteiger charge is -2.71. The molecule has 2 unspecified atom stereocenters. The Balaban J connectivity index is 0.850. The second-order valence-electron chi connectivity index (χ2n) is 31.3. The van der Waals surface area contributed by atoms with Gasteiger partial charge in [-0.3, -0.25) is 9.59 Å². The summed E-state index contributed by atoms with van der Waals surface area (Å²) in [6.07, 6.45) is -37.1. The predicted molar refractivity (Wildman–Crippen MR) is 344 cm³/mol. The summed E-state index contributed by atoms with van der Waals surface area (Å²) in [5.41, 5.74) is -5.03. The molecular weight excluding hydrogens is 1350 g/mol. The highest BCUT2D eigenvalue weighted by atomic mass is 16.8. The van der Waals surface area contributed by atoms with Crippen LogP contribution < -0.4 is 9.47 Å². The first-order chi connectivity index (χ1) is 48.0. The third kappa shape index (κ3) is 13.6. The molecule has 16 N–H and O–H groups in total. The molecule has 0 bridgehead atoms. The zero-order valence-electron chi connectivity index (χ0n) is 58.6. The van der Waals surface area contributed by atoms with Gasteiger partial charge in [0.25, 0.3) is 0 Å². The van der Waals surface area contributed by atoms with Crippen LogP contribution in [0.3, 0.4) is 0 Å². The third-order valence-electron chi connectivity index (χ3n) is 25.2. The second-order valence-corrected chi connectivity index (χ2v) is 31.3. The molecule has 5 heterocycles. The first kappa shape index (κ1) is 78.8. The van der Waals surface area contributed by atoms with Gasteiger partial charge in [-0.1, -0.05) is 45.4 Å². The molecule has 10 aliphatic rings. The van der Waals surface area contributed by atoms with E-state index in [4.69, 9.17) is 61.6 Å². The van der Waals surface area contributed by atoms with E-state index in [-0.39, 0.29) is 50.0 Å². The number of benzene rings is 1. The topological polar surface area (TPSA) is 495 Å². The molecule has 1 aromatic rings. The lowest BCUT2D eigenvalue weighted by atomic mass is 9.33. The van der Waals surface area contributed by atoms with Gasteiger partial charge in [-0.25, -0.2) is 4.79 Å². The molecule has 32 heteroatoms. The van der Waals surface area contributed by atoms with Gasteiger partial charge in [-0.05, 0) is 136 Å². The van der Waals surface area contributed by atoms with E-state index in [0.29, 0.717) is 42.7 Å². The van der Waals surface area contributed by atoms with Crippen LogP contribution in [0.4, 0.5) is 0 Å². The summed E-state index contributed by atoms with van der Waals surface area (Å²) in [5.74, 6) is -3.91.